The van der Waals surface area contributed by atoms with E-state index in [2.05, 4.69) is 21.1 Å². The summed E-state index contributed by atoms with van der Waals surface area (Å²) < 4.78 is 11.0. The van der Waals surface area contributed by atoms with Gasteiger partial charge in [-0.05, 0) is 12.8 Å². The van der Waals surface area contributed by atoms with Crippen LogP contribution in [0.15, 0.2) is 0 Å². The topological polar surface area (TPSA) is 52.6 Å². The molecule has 28 heavy (non-hydrogen) atoms. The van der Waals surface area contributed by atoms with Gasteiger partial charge in [0, 0.05) is 13.3 Å². The average Bonchev–Trinajstić information content (AvgIpc) is 2.60. The summed E-state index contributed by atoms with van der Waals surface area (Å²) in [6.45, 7) is 3.43. The van der Waals surface area contributed by atoms with Gasteiger partial charge in [-0.25, -0.2) is 0 Å². The van der Waals surface area contributed by atoms with Crippen LogP contribution in [0.3, 0.4) is 0 Å². The molecule has 0 aromatic heterocycles. The summed E-state index contributed by atoms with van der Waals surface area (Å²) in [5.74, 6) is -0.214. The molecule has 0 aliphatic carbocycles. The number of carbonyl (C=O) groups excluding carboxylic acids is 2. The summed E-state index contributed by atoms with van der Waals surface area (Å²) in [6, 6.07) is 0. The van der Waals surface area contributed by atoms with Gasteiger partial charge in [-0.2, -0.15) is 0 Å². The van der Waals surface area contributed by atoms with E-state index in [1.165, 1.54) is 64.7 Å². The number of hydrogen-bond acceptors (Lipinski definition) is 4. The van der Waals surface area contributed by atoms with Crippen molar-refractivity contribution in [3.05, 3.63) is 0 Å². The molecule has 0 saturated heterocycles. The Bertz CT molecular complexity index is 391. The Morgan fingerprint density at radius 2 is 1.04 bits per heavy atom. The Kier molecular flexibility index (Phi) is 17.3. The maximum Gasteiger partial charge on any atom is 0.305 e. The molecule has 0 unspecified atom stereocenters. The molecule has 166 valence electrons. The van der Waals surface area contributed by atoms with Crippen LogP contribution in [-0.2, 0) is 19.1 Å². The molecule has 0 amide bonds. The number of ether oxygens (including phenoxy) is 2. The SMILES string of the molecule is CC(=O)OCCCCCCCCCCCCCCCC(=O)OCC[N+](C)(C)C. The molecular formula is C23H46NO4+. The van der Waals surface area contributed by atoms with Gasteiger partial charge < -0.3 is 14.0 Å². The van der Waals surface area contributed by atoms with E-state index >= 15 is 0 Å². The molecule has 0 aromatic rings. The van der Waals surface area contributed by atoms with Gasteiger partial charge in [-0.15, -0.1) is 0 Å². The molecule has 0 heterocycles. The number of quaternary nitrogens is 1. The molecule has 0 radical (unpaired) electrons. The highest BCUT2D eigenvalue weighted by molar-refractivity contribution is 5.69. The number of nitrogens with zero attached hydrogens (tertiary/aromatic N) is 1. The first kappa shape index (κ1) is 26.9. The van der Waals surface area contributed by atoms with Crippen molar-refractivity contribution in [3.63, 3.8) is 0 Å². The van der Waals surface area contributed by atoms with Crippen molar-refractivity contribution in [2.24, 2.45) is 0 Å². The Labute approximate surface area is 173 Å². The summed E-state index contributed by atoms with van der Waals surface area (Å²) >= 11 is 0. The monoisotopic (exact) mass is 400 g/mol. The molecule has 0 saturated carbocycles. The van der Waals surface area contributed by atoms with Crippen molar-refractivity contribution < 1.29 is 23.5 Å². The van der Waals surface area contributed by atoms with E-state index in [1.54, 1.807) is 0 Å². The summed E-state index contributed by atoms with van der Waals surface area (Å²) in [5.41, 5.74) is 0. The largest absolute Gasteiger partial charge is 0.466 e. The van der Waals surface area contributed by atoms with Crippen LogP contribution in [0.25, 0.3) is 0 Å². The zero-order valence-corrected chi connectivity index (χ0v) is 19.1. The first-order chi connectivity index (χ1) is 13.3. The van der Waals surface area contributed by atoms with Crippen LogP contribution in [-0.4, -0.2) is 57.3 Å². The first-order valence-electron chi connectivity index (χ1n) is 11.4. The van der Waals surface area contributed by atoms with Crippen LogP contribution >= 0.6 is 0 Å². The minimum atomic E-state index is -0.173. The highest BCUT2D eigenvalue weighted by Crippen LogP contribution is 2.13. The van der Waals surface area contributed by atoms with E-state index < -0.39 is 0 Å². The van der Waals surface area contributed by atoms with Gasteiger partial charge in [-0.3, -0.25) is 9.59 Å². The van der Waals surface area contributed by atoms with Gasteiger partial charge in [0.15, 0.2) is 0 Å². The highest BCUT2D eigenvalue weighted by atomic mass is 16.5. The third kappa shape index (κ3) is 22.9. The lowest BCUT2D eigenvalue weighted by Crippen LogP contribution is -2.37. The molecule has 0 N–H and O–H groups in total. The zero-order valence-electron chi connectivity index (χ0n) is 19.1. The highest BCUT2D eigenvalue weighted by Gasteiger charge is 2.09. The number of unbranched alkanes of at least 4 members (excludes halogenated alkanes) is 12. The van der Waals surface area contributed by atoms with Gasteiger partial charge >= 0.3 is 11.9 Å². The molecule has 0 atom stereocenters. The normalized spacial score (nSPS) is 11.4. The number of esters is 2. The molecule has 0 bridgehead atoms. The molecule has 0 spiro atoms. The maximum absolute atomic E-state index is 11.6. The van der Waals surface area contributed by atoms with Crippen molar-refractivity contribution in [2.75, 3.05) is 40.9 Å². The van der Waals surface area contributed by atoms with Crippen LogP contribution in [0.1, 0.15) is 96.8 Å². The van der Waals surface area contributed by atoms with Crippen molar-refractivity contribution in [1.82, 2.24) is 0 Å². The predicted molar refractivity (Wildman–Crippen MR) is 115 cm³/mol. The fraction of sp³-hybridized carbons (Fsp3) is 0.913. The average molecular weight is 401 g/mol. The fourth-order valence-corrected chi connectivity index (χ4v) is 3.04. The second kappa shape index (κ2) is 18.0. The number of likely N-dealkylation sites (N-methyl/N-ethyl adjacent to an activating group) is 1. The van der Waals surface area contributed by atoms with Crippen LogP contribution in [0, 0.1) is 0 Å². The van der Waals surface area contributed by atoms with E-state index in [1.807, 2.05) is 0 Å². The van der Waals surface area contributed by atoms with Crippen molar-refractivity contribution in [3.8, 4) is 0 Å². The van der Waals surface area contributed by atoms with Gasteiger partial charge in [-0.1, -0.05) is 70.6 Å². The number of hydrogen-bond donors (Lipinski definition) is 0. The van der Waals surface area contributed by atoms with Crippen LogP contribution in [0.5, 0.6) is 0 Å². The fourth-order valence-electron chi connectivity index (χ4n) is 3.04. The smallest absolute Gasteiger partial charge is 0.305 e. The lowest BCUT2D eigenvalue weighted by molar-refractivity contribution is -0.870. The zero-order chi connectivity index (χ0) is 21.1. The summed E-state index contributed by atoms with van der Waals surface area (Å²) in [4.78, 5) is 22.3. The Balaban J connectivity index is 3.17. The minimum absolute atomic E-state index is 0.0418. The molecule has 5 nitrogen and oxygen atoms in total. The molecule has 0 aliphatic heterocycles. The quantitative estimate of drug-likeness (QED) is 0.169. The minimum Gasteiger partial charge on any atom is -0.466 e. The van der Waals surface area contributed by atoms with Gasteiger partial charge in [0.05, 0.1) is 27.7 Å². The van der Waals surface area contributed by atoms with Gasteiger partial charge in [0.2, 0.25) is 0 Å². The molecule has 0 aliphatic rings. The van der Waals surface area contributed by atoms with E-state index in [0.717, 1.165) is 36.7 Å². The molecular weight excluding hydrogens is 354 g/mol. The Hall–Kier alpha value is -1.10. The summed E-state index contributed by atoms with van der Waals surface area (Å²) in [5, 5.41) is 0. The van der Waals surface area contributed by atoms with E-state index in [-0.39, 0.29) is 11.9 Å². The van der Waals surface area contributed by atoms with E-state index in [4.69, 9.17) is 9.47 Å². The molecule has 5 heteroatoms. The Morgan fingerprint density at radius 3 is 1.46 bits per heavy atom. The second-order valence-corrected chi connectivity index (χ2v) is 8.92. The predicted octanol–water partition coefficient (Wildman–Crippen LogP) is 5.26. The van der Waals surface area contributed by atoms with Crippen molar-refractivity contribution in [1.29, 1.82) is 0 Å². The van der Waals surface area contributed by atoms with Crippen molar-refractivity contribution >= 4 is 11.9 Å². The second-order valence-electron chi connectivity index (χ2n) is 8.92. The summed E-state index contributed by atoms with van der Waals surface area (Å²) in [6.07, 6.45) is 16.5. The maximum atomic E-state index is 11.6. The number of rotatable bonds is 19. The first-order valence-corrected chi connectivity index (χ1v) is 11.4. The lowest BCUT2D eigenvalue weighted by Gasteiger charge is -2.23. The van der Waals surface area contributed by atoms with Gasteiger partial charge in [0.1, 0.15) is 13.2 Å². The summed E-state index contributed by atoms with van der Waals surface area (Å²) in [7, 11) is 6.30. The number of carbonyl (C=O) groups is 2. The third-order valence-electron chi connectivity index (χ3n) is 4.86. The van der Waals surface area contributed by atoms with Gasteiger partial charge in [0.25, 0.3) is 0 Å². The van der Waals surface area contributed by atoms with E-state index in [9.17, 15) is 9.59 Å². The van der Waals surface area contributed by atoms with Crippen LogP contribution in [0.4, 0.5) is 0 Å². The third-order valence-corrected chi connectivity index (χ3v) is 4.86. The lowest BCUT2D eigenvalue weighted by atomic mass is 10.0. The Morgan fingerprint density at radius 1 is 0.607 bits per heavy atom. The molecule has 0 aromatic carbocycles. The van der Waals surface area contributed by atoms with E-state index in [0.29, 0.717) is 19.6 Å². The standard InChI is InChI=1S/C23H46NO4/c1-22(25)27-20-17-15-13-11-9-7-5-6-8-10-12-14-16-18-23(26)28-21-19-24(2,3)4/h5-21H2,1-4H3/q+1. The van der Waals surface area contributed by atoms with Crippen LogP contribution < -0.4 is 0 Å². The molecule has 0 fully saturated rings. The van der Waals surface area contributed by atoms with Crippen LogP contribution in [0.2, 0.25) is 0 Å². The molecule has 0 rings (SSSR count). The van der Waals surface area contributed by atoms with Crippen molar-refractivity contribution in [2.45, 2.75) is 96.8 Å².